The first-order valence-electron chi connectivity index (χ1n) is 11.8. The van der Waals surface area contributed by atoms with Crippen LogP contribution < -0.4 is 10.6 Å². The molecule has 0 spiro atoms. The monoisotopic (exact) mass is 464 g/mol. The van der Waals surface area contributed by atoms with Crippen LogP contribution in [0.2, 0.25) is 0 Å². The zero-order valence-electron chi connectivity index (χ0n) is 20.6. The quantitative estimate of drug-likeness (QED) is 0.401. The number of aromatic nitrogens is 4. The fourth-order valence-corrected chi connectivity index (χ4v) is 3.63. The predicted octanol–water partition coefficient (Wildman–Crippen LogP) is 3.54. The largest absolute Gasteiger partial charge is 0.392 e. The van der Waals surface area contributed by atoms with E-state index in [4.69, 9.17) is 0 Å². The van der Waals surface area contributed by atoms with Crippen molar-refractivity contribution >= 4 is 11.7 Å². The zero-order valence-corrected chi connectivity index (χ0v) is 20.6. The minimum atomic E-state index is -0.191. The van der Waals surface area contributed by atoms with Crippen molar-refractivity contribution < 1.29 is 9.90 Å². The van der Waals surface area contributed by atoms with Crippen LogP contribution in [0.1, 0.15) is 60.1 Å². The molecule has 8 nitrogen and oxygen atoms in total. The van der Waals surface area contributed by atoms with Gasteiger partial charge in [-0.15, -0.1) is 0 Å². The summed E-state index contributed by atoms with van der Waals surface area (Å²) in [6.07, 6.45) is 9.66. The third-order valence-electron chi connectivity index (χ3n) is 5.50. The van der Waals surface area contributed by atoms with E-state index in [0.29, 0.717) is 36.7 Å². The van der Waals surface area contributed by atoms with Gasteiger partial charge < -0.3 is 20.3 Å². The number of imidazole rings is 1. The maximum Gasteiger partial charge on any atom is 0.256 e. The lowest BCUT2D eigenvalue weighted by Gasteiger charge is -2.20. The zero-order chi connectivity index (χ0) is 24.6. The highest BCUT2D eigenvalue weighted by atomic mass is 16.3. The summed E-state index contributed by atoms with van der Waals surface area (Å²) in [6.45, 7) is 10.3. The van der Waals surface area contributed by atoms with Crippen LogP contribution in [0.3, 0.4) is 0 Å². The first-order valence-corrected chi connectivity index (χ1v) is 11.8. The van der Waals surface area contributed by atoms with Crippen LogP contribution in [0.4, 0.5) is 5.82 Å². The van der Waals surface area contributed by atoms with Crippen molar-refractivity contribution in [3.8, 4) is 0 Å². The van der Waals surface area contributed by atoms with Crippen molar-refractivity contribution in [1.82, 2.24) is 24.8 Å². The lowest BCUT2D eigenvalue weighted by Crippen LogP contribution is -2.28. The highest BCUT2D eigenvalue weighted by molar-refractivity contribution is 5.98. The molecule has 8 heteroatoms. The Morgan fingerprint density at radius 2 is 2.00 bits per heavy atom. The first-order chi connectivity index (χ1) is 16.2. The van der Waals surface area contributed by atoms with E-state index in [1.165, 1.54) is 0 Å². The molecule has 0 fully saturated rings. The summed E-state index contributed by atoms with van der Waals surface area (Å²) in [5, 5.41) is 16.0. The van der Waals surface area contributed by atoms with E-state index in [2.05, 4.69) is 57.0 Å². The summed E-state index contributed by atoms with van der Waals surface area (Å²) < 4.78 is 2.05. The lowest BCUT2D eigenvalue weighted by atomic mass is 9.97. The van der Waals surface area contributed by atoms with Crippen molar-refractivity contribution in [2.75, 3.05) is 18.4 Å². The number of anilines is 1. The maximum absolute atomic E-state index is 12.8. The average Bonchev–Trinajstić information content (AvgIpc) is 3.31. The minimum absolute atomic E-state index is 0.0230. The number of carbonyl (C=O) groups excluding carboxylic acids is 1. The van der Waals surface area contributed by atoms with Gasteiger partial charge in [0.25, 0.3) is 5.91 Å². The molecule has 3 N–H and O–H groups in total. The molecular formula is C26H36N6O2. The van der Waals surface area contributed by atoms with E-state index < -0.39 is 0 Å². The van der Waals surface area contributed by atoms with Gasteiger partial charge in [0, 0.05) is 38.2 Å². The van der Waals surface area contributed by atoms with Gasteiger partial charge in [-0.3, -0.25) is 4.79 Å². The molecule has 34 heavy (non-hydrogen) atoms. The van der Waals surface area contributed by atoms with Gasteiger partial charge in [0.2, 0.25) is 0 Å². The molecule has 182 valence electrons. The second kappa shape index (κ2) is 11.7. The van der Waals surface area contributed by atoms with Crippen molar-refractivity contribution in [2.24, 2.45) is 5.41 Å². The number of carbonyl (C=O) groups is 1. The number of nitrogens with one attached hydrogen (secondary N) is 2. The van der Waals surface area contributed by atoms with Crippen LogP contribution in [-0.2, 0) is 26.0 Å². The van der Waals surface area contributed by atoms with Gasteiger partial charge in [-0.05, 0) is 48.3 Å². The highest BCUT2D eigenvalue weighted by Crippen LogP contribution is 2.18. The molecule has 3 aromatic rings. The van der Waals surface area contributed by atoms with Crippen molar-refractivity contribution in [3.05, 3.63) is 71.2 Å². The molecule has 3 rings (SSSR count). The summed E-state index contributed by atoms with van der Waals surface area (Å²) in [6, 6.07) is 6.13. The first kappa shape index (κ1) is 25.4. The molecule has 0 saturated heterocycles. The number of hydrogen-bond acceptors (Lipinski definition) is 6. The molecule has 2 heterocycles. The third-order valence-corrected chi connectivity index (χ3v) is 5.50. The van der Waals surface area contributed by atoms with E-state index >= 15 is 0 Å². The highest BCUT2D eigenvalue weighted by Gasteiger charge is 2.17. The lowest BCUT2D eigenvalue weighted by molar-refractivity contribution is 0.0954. The fourth-order valence-electron chi connectivity index (χ4n) is 3.63. The van der Waals surface area contributed by atoms with E-state index in [0.717, 1.165) is 36.1 Å². The number of nitrogens with zero attached hydrogens (tertiary/aromatic N) is 4. The Hall–Kier alpha value is -3.26. The van der Waals surface area contributed by atoms with Gasteiger partial charge in [-0.25, -0.2) is 15.0 Å². The van der Waals surface area contributed by atoms with E-state index in [1.54, 1.807) is 12.4 Å². The fraction of sp³-hybridized carbons (Fsp3) is 0.462. The summed E-state index contributed by atoms with van der Waals surface area (Å²) in [5.41, 5.74) is 3.73. The molecule has 0 atom stereocenters. The Kier molecular flexibility index (Phi) is 8.76. The molecule has 0 aliphatic carbocycles. The van der Waals surface area contributed by atoms with Gasteiger partial charge in [0.05, 0.1) is 12.9 Å². The van der Waals surface area contributed by atoms with Crippen molar-refractivity contribution in [1.29, 1.82) is 0 Å². The number of rotatable bonds is 11. The Labute approximate surface area is 201 Å². The Bertz CT molecular complexity index is 1070. The second-order valence-corrected chi connectivity index (χ2v) is 9.76. The maximum atomic E-state index is 12.8. The van der Waals surface area contributed by atoms with Crippen molar-refractivity contribution in [3.63, 3.8) is 0 Å². The van der Waals surface area contributed by atoms with Gasteiger partial charge in [-0.1, -0.05) is 39.0 Å². The normalized spacial score (nSPS) is 11.4. The average molecular weight is 465 g/mol. The smallest absolute Gasteiger partial charge is 0.256 e. The standard InChI is InChI=1S/C26H36N6O2/c1-19-29-15-23(24(31-19)30-17-26(2,3)4)25(34)28-10-9-20-7-8-22(16-33)21(14-20)6-5-12-32-13-11-27-18-32/h7-8,11,13-15,18,33H,5-6,9-10,12,16-17H2,1-4H3,(H,28,34)(H,29,30,31). The van der Waals surface area contributed by atoms with Crippen LogP contribution in [0.5, 0.6) is 0 Å². The molecule has 0 aliphatic heterocycles. The van der Waals surface area contributed by atoms with Crippen LogP contribution in [0, 0.1) is 12.3 Å². The predicted molar refractivity (Wildman–Crippen MR) is 134 cm³/mol. The van der Waals surface area contributed by atoms with E-state index in [1.807, 2.05) is 31.6 Å². The van der Waals surface area contributed by atoms with Crippen LogP contribution in [0.15, 0.2) is 43.1 Å². The topological polar surface area (TPSA) is 105 Å². The van der Waals surface area contributed by atoms with Crippen LogP contribution >= 0.6 is 0 Å². The SMILES string of the molecule is Cc1ncc(C(=O)NCCc2ccc(CO)c(CCCn3ccnc3)c2)c(NCC(C)(C)C)n1. The Morgan fingerprint density at radius 1 is 1.18 bits per heavy atom. The number of hydrogen-bond donors (Lipinski definition) is 3. The minimum Gasteiger partial charge on any atom is -0.392 e. The van der Waals surface area contributed by atoms with Crippen molar-refractivity contribution in [2.45, 2.75) is 60.1 Å². The Balaban J connectivity index is 1.58. The Morgan fingerprint density at radius 3 is 2.71 bits per heavy atom. The molecule has 2 aromatic heterocycles. The second-order valence-electron chi connectivity index (χ2n) is 9.76. The molecule has 0 saturated carbocycles. The number of amides is 1. The van der Waals surface area contributed by atoms with Gasteiger partial charge >= 0.3 is 0 Å². The molecule has 1 amide bonds. The van der Waals surface area contributed by atoms with Gasteiger partial charge in [-0.2, -0.15) is 0 Å². The summed E-state index contributed by atoms with van der Waals surface area (Å²) in [5.74, 6) is 0.994. The molecule has 0 radical (unpaired) electrons. The molecular weight excluding hydrogens is 428 g/mol. The number of aliphatic hydroxyl groups excluding tert-OH is 1. The van der Waals surface area contributed by atoms with Crippen LogP contribution in [-0.4, -0.2) is 43.6 Å². The molecule has 0 bridgehead atoms. The summed E-state index contributed by atoms with van der Waals surface area (Å²) in [7, 11) is 0. The third kappa shape index (κ3) is 7.66. The molecule has 1 aromatic carbocycles. The number of aryl methyl sites for hydroxylation is 3. The number of aliphatic hydroxyl groups is 1. The van der Waals surface area contributed by atoms with E-state index in [-0.39, 0.29) is 17.9 Å². The van der Waals surface area contributed by atoms with Gasteiger partial charge in [0.1, 0.15) is 17.2 Å². The van der Waals surface area contributed by atoms with Crippen LogP contribution in [0.25, 0.3) is 0 Å². The number of benzene rings is 1. The summed E-state index contributed by atoms with van der Waals surface area (Å²) >= 11 is 0. The van der Waals surface area contributed by atoms with E-state index in [9.17, 15) is 9.90 Å². The van der Waals surface area contributed by atoms with Gasteiger partial charge in [0.15, 0.2) is 0 Å². The summed E-state index contributed by atoms with van der Waals surface area (Å²) in [4.78, 5) is 25.6. The molecule has 0 aliphatic rings. The molecule has 0 unspecified atom stereocenters.